The van der Waals surface area contributed by atoms with Crippen molar-refractivity contribution in [1.29, 1.82) is 0 Å². The Balaban J connectivity index is 2.09. The number of pyridine rings is 1. The molecule has 1 unspecified atom stereocenters. The van der Waals surface area contributed by atoms with Crippen molar-refractivity contribution in [3.63, 3.8) is 0 Å². The number of carbonyl (C=O) groups is 3. The van der Waals surface area contributed by atoms with Crippen molar-refractivity contribution in [3.05, 3.63) is 60.0 Å². The van der Waals surface area contributed by atoms with Crippen LogP contribution >= 0.6 is 0 Å². The highest BCUT2D eigenvalue weighted by atomic mass is 19.1. The average molecular weight is 542 g/mol. The zero-order chi connectivity index (χ0) is 29.1. The smallest absolute Gasteiger partial charge is 0.425 e. The number of rotatable bonds is 6. The first-order valence-electron chi connectivity index (χ1n) is 12.1. The number of nitrogens with one attached hydrogen (secondary N) is 1. The number of carbonyl (C=O) groups excluding carboxylic acids is 2. The molecule has 1 aromatic heterocycles. The second kappa shape index (κ2) is 11.1. The summed E-state index contributed by atoms with van der Waals surface area (Å²) >= 11 is 0. The van der Waals surface area contributed by atoms with Crippen LogP contribution in [0.15, 0.2) is 48.7 Å². The van der Waals surface area contributed by atoms with Crippen molar-refractivity contribution < 1.29 is 38.1 Å². The third-order valence-corrected chi connectivity index (χ3v) is 5.14. The van der Waals surface area contributed by atoms with E-state index in [1.807, 2.05) is 0 Å². The number of methoxy groups -OCH3 is 1. The number of benzene rings is 2. The molecule has 0 aliphatic carbocycles. The molecule has 0 fully saturated rings. The van der Waals surface area contributed by atoms with E-state index in [1.165, 1.54) is 25.4 Å². The van der Waals surface area contributed by atoms with Crippen LogP contribution in [0.1, 0.15) is 53.1 Å². The number of nitrogens with zero attached hydrogens (tertiary/aromatic N) is 2. The lowest BCUT2D eigenvalue weighted by molar-refractivity contribution is -0.138. The van der Waals surface area contributed by atoms with Gasteiger partial charge in [-0.3, -0.25) is 0 Å². The van der Waals surface area contributed by atoms with Crippen molar-refractivity contribution >= 4 is 40.4 Å². The molecule has 2 N–H and O–H groups in total. The SMILES string of the molecule is COc1cccc(C(Nc2cc(F)c3c(N(C(=O)OC(C)(C)C)C(=O)OC(C)(C)C)nccc3c2)C(=O)O)c1. The predicted octanol–water partition coefficient (Wildman–Crippen LogP) is 6.30. The lowest BCUT2D eigenvalue weighted by atomic mass is 10.0. The molecule has 208 valence electrons. The van der Waals surface area contributed by atoms with Gasteiger partial charge in [-0.25, -0.2) is 23.8 Å². The number of anilines is 2. The topological polar surface area (TPSA) is 127 Å². The van der Waals surface area contributed by atoms with Crippen LogP contribution in [0.25, 0.3) is 10.8 Å². The number of halogens is 1. The van der Waals surface area contributed by atoms with Crippen molar-refractivity contribution in [2.75, 3.05) is 17.3 Å². The van der Waals surface area contributed by atoms with Gasteiger partial charge in [-0.05, 0) is 82.8 Å². The van der Waals surface area contributed by atoms with Crippen molar-refractivity contribution in [3.8, 4) is 5.75 Å². The summed E-state index contributed by atoms with van der Waals surface area (Å²) in [6.45, 7) is 9.72. The largest absolute Gasteiger partial charge is 0.497 e. The predicted molar refractivity (Wildman–Crippen MR) is 144 cm³/mol. The third-order valence-electron chi connectivity index (χ3n) is 5.14. The molecule has 11 heteroatoms. The minimum absolute atomic E-state index is 0.147. The average Bonchev–Trinajstić information content (AvgIpc) is 2.80. The van der Waals surface area contributed by atoms with E-state index in [4.69, 9.17) is 14.2 Å². The fraction of sp³-hybridized carbons (Fsp3) is 0.357. The van der Waals surface area contributed by atoms with Crippen molar-refractivity contribution in [1.82, 2.24) is 4.98 Å². The Morgan fingerprint density at radius 3 is 2.13 bits per heavy atom. The fourth-order valence-electron chi connectivity index (χ4n) is 3.64. The Hall–Kier alpha value is -4.41. The number of aliphatic carboxylic acids is 1. The highest BCUT2D eigenvalue weighted by Gasteiger charge is 2.35. The highest BCUT2D eigenvalue weighted by molar-refractivity contribution is 6.14. The summed E-state index contributed by atoms with van der Waals surface area (Å²) in [5.41, 5.74) is -1.40. The summed E-state index contributed by atoms with van der Waals surface area (Å²) in [7, 11) is 1.46. The molecular weight excluding hydrogens is 509 g/mol. The maximum absolute atomic E-state index is 15.7. The first-order chi connectivity index (χ1) is 18.1. The van der Waals surface area contributed by atoms with Crippen LogP contribution in [0.3, 0.4) is 0 Å². The summed E-state index contributed by atoms with van der Waals surface area (Å²) in [5, 5.41) is 12.8. The van der Waals surface area contributed by atoms with E-state index in [9.17, 15) is 19.5 Å². The van der Waals surface area contributed by atoms with Crippen molar-refractivity contribution in [2.24, 2.45) is 0 Å². The fourth-order valence-corrected chi connectivity index (χ4v) is 3.64. The van der Waals surface area contributed by atoms with Gasteiger partial charge >= 0.3 is 18.2 Å². The number of aromatic nitrogens is 1. The molecule has 1 heterocycles. The van der Waals surface area contributed by atoms with Gasteiger partial charge in [-0.15, -0.1) is 0 Å². The number of carboxylic acid groups (broad SMARTS) is 1. The van der Waals surface area contributed by atoms with Crippen molar-refractivity contribution in [2.45, 2.75) is 58.8 Å². The molecule has 0 radical (unpaired) electrons. The number of carboxylic acids is 1. The Bertz CT molecular complexity index is 1370. The number of hydrogen-bond acceptors (Lipinski definition) is 8. The van der Waals surface area contributed by atoms with Gasteiger partial charge in [0.2, 0.25) is 0 Å². The molecule has 2 aromatic carbocycles. The lowest BCUT2D eigenvalue weighted by Crippen LogP contribution is -2.44. The van der Waals surface area contributed by atoms with E-state index in [-0.39, 0.29) is 22.3 Å². The van der Waals surface area contributed by atoms with Crippen LogP contribution < -0.4 is 15.0 Å². The lowest BCUT2D eigenvalue weighted by Gasteiger charge is -2.28. The van der Waals surface area contributed by atoms with Gasteiger partial charge in [0.15, 0.2) is 11.9 Å². The second-order valence-corrected chi connectivity index (χ2v) is 10.7. The minimum Gasteiger partial charge on any atom is -0.497 e. The number of imide groups is 1. The molecular formula is C28H32FN3O7. The Kier molecular flexibility index (Phi) is 8.33. The molecule has 10 nitrogen and oxygen atoms in total. The van der Waals surface area contributed by atoms with Crippen LogP contribution in [0.2, 0.25) is 0 Å². The molecule has 0 aliphatic rings. The van der Waals surface area contributed by atoms with Gasteiger partial charge in [0, 0.05) is 11.9 Å². The van der Waals surface area contributed by atoms with Gasteiger partial charge in [-0.1, -0.05) is 12.1 Å². The quantitative estimate of drug-likeness (QED) is 0.370. The molecule has 0 bridgehead atoms. The van der Waals surface area contributed by atoms with E-state index in [2.05, 4.69) is 10.3 Å². The normalized spacial score (nSPS) is 12.4. The Morgan fingerprint density at radius 1 is 0.974 bits per heavy atom. The van der Waals surface area contributed by atoms with Crippen LogP contribution in [0.5, 0.6) is 5.75 Å². The van der Waals surface area contributed by atoms with Gasteiger partial charge in [-0.2, -0.15) is 4.90 Å². The highest BCUT2D eigenvalue weighted by Crippen LogP contribution is 2.33. The van der Waals surface area contributed by atoms with E-state index < -0.39 is 41.2 Å². The maximum Gasteiger partial charge on any atom is 0.425 e. The number of amides is 2. The van der Waals surface area contributed by atoms with Crippen LogP contribution in [-0.4, -0.2) is 46.6 Å². The standard InChI is InChI=1S/C28H32FN3O7/c1-27(2,3)38-25(35)32(26(36)39-28(4,5)6)23-21-16(11-12-30-23)13-18(15-20(21)29)31-22(24(33)34)17-9-8-10-19(14-17)37-7/h8-15,22,31H,1-7H3,(H,33,34). The molecule has 0 saturated carbocycles. The first kappa shape index (κ1) is 29.2. The van der Waals surface area contributed by atoms with E-state index in [1.54, 1.807) is 65.8 Å². The number of fused-ring (bicyclic) bond motifs is 1. The van der Waals surface area contributed by atoms with E-state index in [0.717, 1.165) is 6.07 Å². The van der Waals surface area contributed by atoms with Crippen LogP contribution in [0.4, 0.5) is 25.5 Å². The molecule has 0 saturated heterocycles. The van der Waals surface area contributed by atoms with E-state index >= 15 is 4.39 Å². The molecule has 1 atom stereocenters. The zero-order valence-corrected chi connectivity index (χ0v) is 22.9. The van der Waals surface area contributed by atoms with Gasteiger partial charge in [0.25, 0.3) is 0 Å². The maximum atomic E-state index is 15.7. The Labute approximate surface area is 225 Å². The number of hydrogen-bond donors (Lipinski definition) is 2. The summed E-state index contributed by atoms with van der Waals surface area (Å²) in [6, 6.07) is 9.28. The van der Waals surface area contributed by atoms with Crippen LogP contribution in [0, 0.1) is 5.82 Å². The molecule has 0 aliphatic heterocycles. The second-order valence-electron chi connectivity index (χ2n) is 10.7. The Morgan fingerprint density at radius 2 is 1.59 bits per heavy atom. The monoisotopic (exact) mass is 541 g/mol. The van der Waals surface area contributed by atoms with Gasteiger partial charge in [0.1, 0.15) is 22.8 Å². The van der Waals surface area contributed by atoms with Crippen LogP contribution in [-0.2, 0) is 14.3 Å². The summed E-state index contributed by atoms with van der Waals surface area (Å²) < 4.78 is 31.6. The molecule has 0 spiro atoms. The van der Waals surface area contributed by atoms with Gasteiger partial charge in [0.05, 0.1) is 12.5 Å². The summed E-state index contributed by atoms with van der Waals surface area (Å²) in [5.74, 6) is -1.92. The third kappa shape index (κ3) is 7.34. The van der Waals surface area contributed by atoms with E-state index in [0.29, 0.717) is 16.2 Å². The molecule has 39 heavy (non-hydrogen) atoms. The summed E-state index contributed by atoms with van der Waals surface area (Å²) in [6.07, 6.45) is -0.899. The summed E-state index contributed by atoms with van der Waals surface area (Å²) in [4.78, 5) is 42.9. The molecule has 3 rings (SSSR count). The number of ether oxygens (including phenoxy) is 3. The molecule has 2 amide bonds. The molecule has 3 aromatic rings. The minimum atomic E-state index is -1.22. The zero-order valence-electron chi connectivity index (χ0n) is 22.9. The first-order valence-corrected chi connectivity index (χ1v) is 12.1. The van der Waals surface area contributed by atoms with Gasteiger partial charge < -0.3 is 24.6 Å².